The lowest BCUT2D eigenvalue weighted by molar-refractivity contribution is -0.135. The van der Waals surface area contributed by atoms with Crippen LogP contribution in [-0.2, 0) is 4.79 Å². The van der Waals surface area contributed by atoms with Gasteiger partial charge in [0, 0.05) is 4.91 Å². The molecule has 0 fully saturated rings. The number of rotatable bonds is 5. The van der Waals surface area contributed by atoms with Crippen LogP contribution in [0.5, 0.6) is 5.75 Å². The van der Waals surface area contributed by atoms with Crippen molar-refractivity contribution in [3.8, 4) is 5.75 Å². The van der Waals surface area contributed by atoms with Crippen LogP contribution in [0, 0.1) is 5.82 Å². The quantitative estimate of drug-likeness (QED) is 0.773. The Hall–Kier alpha value is -2.53. The molecule has 0 unspecified atom stereocenters. The van der Waals surface area contributed by atoms with Crippen LogP contribution in [0.4, 0.5) is 4.39 Å². The van der Waals surface area contributed by atoms with Gasteiger partial charge in [0.1, 0.15) is 0 Å². The molecule has 0 radical (unpaired) electrons. The number of allylic oxidation sites excluding steroid dienone is 2. The third kappa shape index (κ3) is 3.15. The Balaban J connectivity index is 2.33. The van der Waals surface area contributed by atoms with Crippen molar-refractivity contribution < 1.29 is 19.0 Å². The van der Waals surface area contributed by atoms with Gasteiger partial charge in [0.15, 0.2) is 11.6 Å². The van der Waals surface area contributed by atoms with Crippen molar-refractivity contribution in [3.05, 3.63) is 70.5 Å². The second kappa shape index (κ2) is 7.38. The number of ether oxygens (including phenoxy) is 1. The second-order valence-electron chi connectivity index (χ2n) is 5.98. The molecular weight excluding hydrogens is 351 g/mol. The minimum atomic E-state index is -0.916. The fourth-order valence-electron chi connectivity index (χ4n) is 3.35. The number of halogens is 1. The zero-order chi connectivity index (χ0) is 18.8. The smallest absolute Gasteiger partial charge is 0.307 e. The van der Waals surface area contributed by atoms with Gasteiger partial charge in [-0.05, 0) is 58.7 Å². The zero-order valence-electron chi connectivity index (χ0n) is 14.8. The first-order chi connectivity index (χ1) is 12.5. The lowest BCUT2D eigenvalue weighted by atomic mass is 9.99. The third-order valence-electron chi connectivity index (χ3n) is 4.51. The van der Waals surface area contributed by atoms with Crippen molar-refractivity contribution in [2.45, 2.75) is 13.3 Å². The van der Waals surface area contributed by atoms with E-state index in [2.05, 4.69) is 0 Å². The minimum absolute atomic E-state index is 0.117. The highest BCUT2D eigenvalue weighted by atomic mass is 32.2. The monoisotopic (exact) mass is 370 g/mol. The Bertz CT molecular complexity index is 930. The topological polar surface area (TPSA) is 46.5 Å². The maximum absolute atomic E-state index is 14.4. The zero-order valence-corrected chi connectivity index (χ0v) is 15.6. The van der Waals surface area contributed by atoms with Crippen molar-refractivity contribution >= 4 is 33.8 Å². The number of hydrogen-bond acceptors (Lipinski definition) is 3. The molecule has 0 heterocycles. The molecule has 0 amide bonds. The lowest BCUT2D eigenvalue weighted by Gasteiger charge is -2.13. The Labute approximate surface area is 156 Å². The first kappa shape index (κ1) is 18.3. The number of methoxy groups -OCH3 is 1. The second-order valence-corrected chi connectivity index (χ2v) is 6.80. The molecular formula is C21H19FO3S. The highest BCUT2D eigenvalue weighted by Gasteiger charge is 2.29. The summed E-state index contributed by atoms with van der Waals surface area (Å²) in [6.45, 7) is 1.90. The van der Waals surface area contributed by atoms with Crippen molar-refractivity contribution in [1.29, 1.82) is 0 Å². The van der Waals surface area contributed by atoms with Gasteiger partial charge in [-0.15, -0.1) is 11.8 Å². The average Bonchev–Trinajstić information content (AvgIpc) is 2.87. The van der Waals surface area contributed by atoms with E-state index in [0.717, 1.165) is 27.2 Å². The molecule has 2 aromatic carbocycles. The highest BCUT2D eigenvalue weighted by molar-refractivity contribution is 8.08. The van der Waals surface area contributed by atoms with Crippen LogP contribution in [0.15, 0.2) is 48.0 Å². The standard InChI is InChI=1S/C21H19FO3S/c1-12-14(11-19(23)24)15-10-18(25-2)17(22)9-16(15)20(12)21(26-3)13-7-5-4-6-8-13/h4-10H,11H2,1-3H3,(H,23,24). The van der Waals surface area contributed by atoms with E-state index in [9.17, 15) is 14.3 Å². The van der Waals surface area contributed by atoms with Crippen LogP contribution in [-0.4, -0.2) is 24.4 Å². The van der Waals surface area contributed by atoms with Crippen LogP contribution < -0.4 is 4.74 Å². The summed E-state index contributed by atoms with van der Waals surface area (Å²) in [5.41, 5.74) is 4.90. The van der Waals surface area contributed by atoms with Crippen LogP contribution in [0.25, 0.3) is 16.1 Å². The molecule has 3 nitrogen and oxygen atoms in total. The summed E-state index contributed by atoms with van der Waals surface area (Å²) >= 11 is 1.57. The summed E-state index contributed by atoms with van der Waals surface area (Å²) < 4.78 is 19.5. The first-order valence-corrected chi connectivity index (χ1v) is 9.34. The molecule has 0 aromatic heterocycles. The number of aliphatic carboxylic acids is 1. The Kier molecular flexibility index (Phi) is 5.18. The molecule has 134 valence electrons. The Morgan fingerprint density at radius 2 is 1.88 bits per heavy atom. The number of thioether (sulfide) groups is 1. The summed E-state index contributed by atoms with van der Waals surface area (Å²) in [6.07, 6.45) is 1.85. The van der Waals surface area contributed by atoms with Gasteiger partial charge in [0.2, 0.25) is 0 Å². The fraction of sp³-hybridized carbons (Fsp3) is 0.190. The van der Waals surface area contributed by atoms with Crippen LogP contribution in [0.1, 0.15) is 30.0 Å². The van der Waals surface area contributed by atoms with E-state index in [1.165, 1.54) is 13.2 Å². The first-order valence-electron chi connectivity index (χ1n) is 8.11. The predicted octanol–water partition coefficient (Wildman–Crippen LogP) is 5.33. The van der Waals surface area contributed by atoms with Gasteiger partial charge < -0.3 is 9.84 Å². The van der Waals surface area contributed by atoms with Crippen molar-refractivity contribution in [2.24, 2.45) is 0 Å². The summed E-state index contributed by atoms with van der Waals surface area (Å²) in [6, 6.07) is 12.9. The van der Waals surface area contributed by atoms with Gasteiger partial charge in [-0.3, -0.25) is 4.79 Å². The largest absolute Gasteiger partial charge is 0.494 e. The van der Waals surface area contributed by atoms with E-state index >= 15 is 0 Å². The SMILES string of the molecule is COc1cc2c(cc1F)C(=C(SC)c1ccccc1)C(C)=C2CC(=O)O. The molecule has 0 saturated heterocycles. The van der Waals surface area contributed by atoms with Crippen molar-refractivity contribution in [1.82, 2.24) is 0 Å². The minimum Gasteiger partial charge on any atom is -0.494 e. The van der Waals surface area contributed by atoms with Crippen molar-refractivity contribution in [3.63, 3.8) is 0 Å². The summed E-state index contributed by atoms with van der Waals surface area (Å²) in [4.78, 5) is 12.4. The molecule has 1 aliphatic carbocycles. The average molecular weight is 370 g/mol. The van der Waals surface area contributed by atoms with Gasteiger partial charge in [-0.1, -0.05) is 30.3 Å². The molecule has 0 aliphatic heterocycles. The molecule has 0 atom stereocenters. The number of fused-ring (bicyclic) bond motifs is 1. The Morgan fingerprint density at radius 3 is 2.46 bits per heavy atom. The lowest BCUT2D eigenvalue weighted by Crippen LogP contribution is -1.98. The molecule has 3 rings (SSSR count). The molecule has 5 heteroatoms. The molecule has 2 aromatic rings. The summed E-state index contributed by atoms with van der Waals surface area (Å²) in [5.74, 6) is -1.26. The van der Waals surface area contributed by atoms with Crippen LogP contribution in [0.3, 0.4) is 0 Å². The van der Waals surface area contributed by atoms with Gasteiger partial charge in [0.05, 0.1) is 13.5 Å². The normalized spacial score (nSPS) is 15.1. The molecule has 1 N–H and O–H groups in total. The van der Waals surface area contributed by atoms with Gasteiger partial charge >= 0.3 is 5.97 Å². The van der Waals surface area contributed by atoms with E-state index in [1.807, 2.05) is 43.5 Å². The van der Waals surface area contributed by atoms with Crippen LogP contribution in [0.2, 0.25) is 0 Å². The third-order valence-corrected chi connectivity index (χ3v) is 5.36. The number of carbonyl (C=O) groups is 1. The molecule has 0 bridgehead atoms. The number of carboxylic acids is 1. The van der Waals surface area contributed by atoms with E-state index < -0.39 is 11.8 Å². The van der Waals surface area contributed by atoms with Gasteiger partial charge in [-0.2, -0.15) is 0 Å². The molecule has 26 heavy (non-hydrogen) atoms. The summed E-state index contributed by atoms with van der Waals surface area (Å²) in [7, 11) is 1.40. The maximum atomic E-state index is 14.4. The molecule has 1 aliphatic rings. The van der Waals surface area contributed by atoms with E-state index in [4.69, 9.17) is 4.74 Å². The number of carboxylic acid groups (broad SMARTS) is 1. The predicted molar refractivity (Wildman–Crippen MR) is 105 cm³/mol. The van der Waals surface area contributed by atoms with Crippen LogP contribution >= 0.6 is 11.8 Å². The van der Waals surface area contributed by atoms with E-state index in [1.54, 1.807) is 17.8 Å². The number of benzene rings is 2. The summed E-state index contributed by atoms with van der Waals surface area (Å²) in [5, 5.41) is 9.34. The van der Waals surface area contributed by atoms with Crippen molar-refractivity contribution in [2.75, 3.05) is 13.4 Å². The van der Waals surface area contributed by atoms with Gasteiger partial charge in [0.25, 0.3) is 0 Å². The highest BCUT2D eigenvalue weighted by Crippen LogP contribution is 2.49. The van der Waals surface area contributed by atoms with Gasteiger partial charge in [-0.25, -0.2) is 4.39 Å². The molecule has 0 spiro atoms. The fourth-order valence-corrected chi connectivity index (χ4v) is 4.19. The Morgan fingerprint density at radius 1 is 1.19 bits per heavy atom. The number of hydrogen-bond donors (Lipinski definition) is 1. The van der Waals surface area contributed by atoms with E-state index in [-0.39, 0.29) is 12.2 Å². The van der Waals surface area contributed by atoms with E-state index in [0.29, 0.717) is 11.1 Å². The maximum Gasteiger partial charge on any atom is 0.307 e. The molecule has 0 saturated carbocycles.